The Labute approximate surface area is 115 Å². The smallest absolute Gasteiger partial charge is 0.371 e. The molecule has 2 rings (SSSR count). The van der Waals surface area contributed by atoms with Crippen LogP contribution in [0, 0.1) is 6.92 Å². The summed E-state index contributed by atoms with van der Waals surface area (Å²) in [5, 5.41) is 18.1. The minimum Gasteiger partial charge on any atom is -0.481 e. The summed E-state index contributed by atoms with van der Waals surface area (Å²) < 4.78 is 5.10. The standard InChI is InChI=1S/C15H14O5/c1-9-4-2-3-5-10(9)8-11(14(16)17)12-6-7-13(20-12)15(18)19/h2-7,11H,8H2,1H3,(H,16,17)(H,18,19). The Kier molecular flexibility index (Phi) is 3.89. The molecule has 0 aliphatic heterocycles. The molecule has 5 heteroatoms. The Morgan fingerprint density at radius 2 is 1.85 bits per heavy atom. The fourth-order valence-corrected chi connectivity index (χ4v) is 2.02. The first-order chi connectivity index (χ1) is 9.49. The molecular weight excluding hydrogens is 260 g/mol. The predicted molar refractivity (Wildman–Crippen MR) is 70.9 cm³/mol. The molecule has 1 unspecified atom stereocenters. The number of carboxylic acid groups (broad SMARTS) is 2. The predicted octanol–water partition coefficient (Wildman–Crippen LogP) is 2.70. The van der Waals surface area contributed by atoms with Crippen molar-refractivity contribution in [1.29, 1.82) is 0 Å². The zero-order valence-corrected chi connectivity index (χ0v) is 10.9. The van der Waals surface area contributed by atoms with Crippen LogP contribution in [0.1, 0.15) is 33.4 Å². The van der Waals surface area contributed by atoms with E-state index in [0.29, 0.717) is 0 Å². The lowest BCUT2D eigenvalue weighted by Gasteiger charge is -2.11. The number of hydrogen-bond acceptors (Lipinski definition) is 3. The molecule has 1 aromatic heterocycles. The Morgan fingerprint density at radius 3 is 2.40 bits per heavy atom. The largest absolute Gasteiger partial charge is 0.481 e. The third-order valence-electron chi connectivity index (χ3n) is 3.16. The van der Waals surface area contributed by atoms with E-state index in [4.69, 9.17) is 9.52 Å². The average molecular weight is 274 g/mol. The second-order valence-corrected chi connectivity index (χ2v) is 4.53. The van der Waals surface area contributed by atoms with Crippen LogP contribution < -0.4 is 0 Å². The van der Waals surface area contributed by atoms with Gasteiger partial charge in [-0.05, 0) is 36.6 Å². The van der Waals surface area contributed by atoms with Gasteiger partial charge in [-0.25, -0.2) is 4.79 Å². The molecule has 0 radical (unpaired) electrons. The zero-order chi connectivity index (χ0) is 14.7. The van der Waals surface area contributed by atoms with Crippen LogP contribution in [0.25, 0.3) is 0 Å². The van der Waals surface area contributed by atoms with E-state index >= 15 is 0 Å². The Hall–Kier alpha value is -2.56. The summed E-state index contributed by atoms with van der Waals surface area (Å²) in [6.07, 6.45) is 0.259. The number of aliphatic carboxylic acids is 1. The van der Waals surface area contributed by atoms with E-state index in [1.165, 1.54) is 12.1 Å². The third-order valence-corrected chi connectivity index (χ3v) is 3.16. The highest BCUT2D eigenvalue weighted by Crippen LogP contribution is 2.25. The van der Waals surface area contributed by atoms with Gasteiger partial charge in [-0.2, -0.15) is 0 Å². The Balaban J connectivity index is 2.30. The van der Waals surface area contributed by atoms with Crippen molar-refractivity contribution in [3.05, 3.63) is 59.0 Å². The molecule has 0 saturated carbocycles. The van der Waals surface area contributed by atoms with Gasteiger partial charge in [0.1, 0.15) is 11.7 Å². The first kappa shape index (κ1) is 13.9. The Bertz CT molecular complexity index is 641. The SMILES string of the molecule is Cc1ccccc1CC(C(=O)O)c1ccc(C(=O)O)o1. The van der Waals surface area contributed by atoms with Gasteiger partial charge in [0.05, 0.1) is 0 Å². The molecule has 104 valence electrons. The molecule has 0 bridgehead atoms. The van der Waals surface area contributed by atoms with Crippen LogP contribution in [0.2, 0.25) is 0 Å². The van der Waals surface area contributed by atoms with Crippen molar-refractivity contribution in [2.24, 2.45) is 0 Å². The van der Waals surface area contributed by atoms with Gasteiger partial charge in [0.15, 0.2) is 0 Å². The van der Waals surface area contributed by atoms with Gasteiger partial charge in [0.2, 0.25) is 5.76 Å². The maximum atomic E-state index is 11.4. The fourth-order valence-electron chi connectivity index (χ4n) is 2.02. The van der Waals surface area contributed by atoms with Crippen LogP contribution in [0.5, 0.6) is 0 Å². The van der Waals surface area contributed by atoms with Crippen LogP contribution in [0.3, 0.4) is 0 Å². The molecule has 5 nitrogen and oxygen atoms in total. The summed E-state index contributed by atoms with van der Waals surface area (Å²) in [6, 6.07) is 10.1. The summed E-state index contributed by atoms with van der Waals surface area (Å²) in [5.41, 5.74) is 1.89. The normalized spacial score (nSPS) is 12.1. The number of aryl methyl sites for hydroxylation is 1. The molecule has 0 saturated heterocycles. The summed E-state index contributed by atoms with van der Waals surface area (Å²) >= 11 is 0. The van der Waals surface area contributed by atoms with Gasteiger partial charge in [-0.3, -0.25) is 4.79 Å². The maximum Gasteiger partial charge on any atom is 0.371 e. The van der Waals surface area contributed by atoms with Crippen LogP contribution in [0.15, 0.2) is 40.8 Å². The number of aromatic carboxylic acids is 1. The second-order valence-electron chi connectivity index (χ2n) is 4.53. The van der Waals surface area contributed by atoms with Crippen molar-refractivity contribution in [2.45, 2.75) is 19.3 Å². The van der Waals surface area contributed by atoms with Crippen LogP contribution in [0.4, 0.5) is 0 Å². The topological polar surface area (TPSA) is 87.7 Å². The van der Waals surface area contributed by atoms with Gasteiger partial charge < -0.3 is 14.6 Å². The van der Waals surface area contributed by atoms with E-state index in [1.807, 2.05) is 31.2 Å². The molecule has 2 aromatic rings. The maximum absolute atomic E-state index is 11.4. The van der Waals surface area contributed by atoms with E-state index in [9.17, 15) is 14.7 Å². The molecule has 1 atom stereocenters. The first-order valence-corrected chi connectivity index (χ1v) is 6.09. The molecule has 20 heavy (non-hydrogen) atoms. The number of carboxylic acids is 2. The van der Waals surface area contributed by atoms with Crippen molar-refractivity contribution >= 4 is 11.9 Å². The van der Waals surface area contributed by atoms with Gasteiger partial charge >= 0.3 is 11.9 Å². The summed E-state index contributed by atoms with van der Waals surface area (Å²) in [7, 11) is 0. The summed E-state index contributed by atoms with van der Waals surface area (Å²) in [5.74, 6) is -3.26. The molecule has 0 spiro atoms. The van der Waals surface area contributed by atoms with E-state index in [0.717, 1.165) is 11.1 Å². The number of carbonyl (C=O) groups is 2. The van der Waals surface area contributed by atoms with Crippen LogP contribution in [-0.4, -0.2) is 22.2 Å². The van der Waals surface area contributed by atoms with Gasteiger partial charge in [0, 0.05) is 0 Å². The molecule has 0 fully saturated rings. The van der Waals surface area contributed by atoms with Crippen LogP contribution in [-0.2, 0) is 11.2 Å². The number of rotatable bonds is 5. The lowest BCUT2D eigenvalue weighted by Crippen LogP contribution is -2.14. The third kappa shape index (κ3) is 2.88. The monoisotopic (exact) mass is 274 g/mol. The highest BCUT2D eigenvalue weighted by atomic mass is 16.4. The van der Waals surface area contributed by atoms with Crippen molar-refractivity contribution in [3.63, 3.8) is 0 Å². The molecule has 0 aliphatic rings. The number of benzene rings is 1. The van der Waals surface area contributed by atoms with Gasteiger partial charge in [-0.15, -0.1) is 0 Å². The van der Waals surface area contributed by atoms with Crippen molar-refractivity contribution in [3.8, 4) is 0 Å². The molecule has 0 aliphatic carbocycles. The fraction of sp³-hybridized carbons (Fsp3) is 0.200. The van der Waals surface area contributed by atoms with E-state index in [-0.39, 0.29) is 17.9 Å². The lowest BCUT2D eigenvalue weighted by atomic mass is 9.94. The number of furan rings is 1. The minimum absolute atomic E-state index is 0.151. The Morgan fingerprint density at radius 1 is 1.15 bits per heavy atom. The molecule has 1 heterocycles. The minimum atomic E-state index is -1.21. The van der Waals surface area contributed by atoms with Crippen molar-refractivity contribution in [1.82, 2.24) is 0 Å². The van der Waals surface area contributed by atoms with E-state index in [1.54, 1.807) is 0 Å². The van der Waals surface area contributed by atoms with Crippen LogP contribution >= 0.6 is 0 Å². The second kappa shape index (κ2) is 5.61. The van der Waals surface area contributed by atoms with E-state index in [2.05, 4.69) is 0 Å². The van der Waals surface area contributed by atoms with Gasteiger partial charge in [0.25, 0.3) is 0 Å². The quantitative estimate of drug-likeness (QED) is 0.875. The highest BCUT2D eigenvalue weighted by molar-refractivity contribution is 5.84. The average Bonchev–Trinajstić information content (AvgIpc) is 2.87. The molecular formula is C15H14O5. The number of hydrogen-bond donors (Lipinski definition) is 2. The first-order valence-electron chi connectivity index (χ1n) is 6.09. The molecule has 2 N–H and O–H groups in total. The van der Waals surface area contributed by atoms with Crippen molar-refractivity contribution in [2.75, 3.05) is 0 Å². The highest BCUT2D eigenvalue weighted by Gasteiger charge is 2.25. The van der Waals surface area contributed by atoms with E-state index < -0.39 is 17.9 Å². The van der Waals surface area contributed by atoms with Crippen molar-refractivity contribution < 1.29 is 24.2 Å². The summed E-state index contributed by atoms with van der Waals surface area (Å²) in [4.78, 5) is 22.2. The zero-order valence-electron chi connectivity index (χ0n) is 10.9. The molecule has 0 amide bonds. The van der Waals surface area contributed by atoms with Gasteiger partial charge in [-0.1, -0.05) is 24.3 Å². The summed E-state index contributed by atoms with van der Waals surface area (Å²) in [6.45, 7) is 1.90. The lowest BCUT2D eigenvalue weighted by molar-refractivity contribution is -0.139. The molecule has 1 aromatic carbocycles.